The standard InChI is InChI=1S/2C18H36O2.C10H24N4.Co/c2*1-2-3-4-5-6-7-8-9-10-11-12-13-14-15-16-17-18(19)20;1-3-11-7-9-13-5-2-6-14-10-8-12-4-1;/h2*2-17H2,1H3,(H,19,20);11-14H,1-10H2;/q;;;+2/p-2. The smallest absolute Gasteiger partial charge is 0.550 e. The summed E-state index contributed by atoms with van der Waals surface area (Å²) in [7, 11) is 0. The van der Waals surface area contributed by atoms with Gasteiger partial charge in [0, 0.05) is 38.1 Å². The molecule has 1 saturated heterocycles. The van der Waals surface area contributed by atoms with Crippen molar-refractivity contribution in [3.63, 3.8) is 0 Å². The number of rotatable bonds is 32. The van der Waals surface area contributed by atoms with E-state index in [0.717, 1.165) is 78.0 Å². The van der Waals surface area contributed by atoms with Crippen molar-refractivity contribution in [1.29, 1.82) is 0 Å². The molecule has 1 aliphatic heterocycles. The predicted octanol–water partition coefficient (Wildman–Crippen LogP) is 9.13. The Hall–Kier alpha value is -0.714. The fourth-order valence-corrected chi connectivity index (χ4v) is 6.81. The summed E-state index contributed by atoms with van der Waals surface area (Å²) in [6.07, 6.45) is 42.2. The third-order valence-electron chi connectivity index (χ3n) is 10.3. The molecule has 331 valence electrons. The fourth-order valence-electron chi connectivity index (χ4n) is 6.81. The SMILES string of the molecule is C1CNCCNCCCNCCNC1.CCCCCCCCCCCCCCCCCC(=O)[O-].CCCCCCCCCCCCCCCCCC(=O)[O-].[Co+2]. The van der Waals surface area contributed by atoms with Gasteiger partial charge < -0.3 is 41.1 Å². The molecule has 0 saturated carbocycles. The van der Waals surface area contributed by atoms with Crippen LogP contribution in [0.1, 0.15) is 232 Å². The van der Waals surface area contributed by atoms with Crippen molar-refractivity contribution in [1.82, 2.24) is 21.3 Å². The largest absolute Gasteiger partial charge is 2.00 e. The molecule has 0 atom stereocenters. The van der Waals surface area contributed by atoms with Gasteiger partial charge in [-0.15, -0.1) is 0 Å². The fraction of sp³-hybridized carbons (Fsp3) is 0.957. The van der Waals surface area contributed by atoms with Gasteiger partial charge in [0.25, 0.3) is 0 Å². The molecule has 0 aromatic rings. The summed E-state index contributed by atoms with van der Waals surface area (Å²) in [6, 6.07) is 0. The Morgan fingerprint density at radius 3 is 0.691 bits per heavy atom. The minimum absolute atomic E-state index is 0. The van der Waals surface area contributed by atoms with Crippen molar-refractivity contribution in [3.05, 3.63) is 0 Å². The predicted molar refractivity (Wildman–Crippen MR) is 230 cm³/mol. The number of carbonyl (C=O) groups is 2. The zero-order valence-corrected chi connectivity index (χ0v) is 37.7. The van der Waals surface area contributed by atoms with E-state index in [1.807, 2.05) is 0 Å². The number of nitrogens with one attached hydrogen (secondary N) is 4. The Balaban J connectivity index is -0.000000742. The van der Waals surface area contributed by atoms with Gasteiger partial charge in [-0.2, -0.15) is 0 Å². The van der Waals surface area contributed by atoms with Gasteiger partial charge in [0.1, 0.15) is 0 Å². The minimum atomic E-state index is -0.903. The van der Waals surface area contributed by atoms with Crippen molar-refractivity contribution in [2.75, 3.05) is 52.4 Å². The molecule has 0 aromatic heterocycles. The molecule has 9 heteroatoms. The van der Waals surface area contributed by atoms with Crippen molar-refractivity contribution in [2.24, 2.45) is 0 Å². The van der Waals surface area contributed by atoms with E-state index in [9.17, 15) is 19.8 Å². The maximum Gasteiger partial charge on any atom is 2.00 e. The van der Waals surface area contributed by atoms with Crippen LogP contribution in [0, 0.1) is 0 Å². The zero-order chi connectivity index (χ0) is 39.7. The van der Waals surface area contributed by atoms with Crippen LogP contribution in [0.2, 0.25) is 0 Å². The maximum absolute atomic E-state index is 10.2. The van der Waals surface area contributed by atoms with Gasteiger partial charge >= 0.3 is 16.8 Å². The second kappa shape index (κ2) is 55.4. The molecular weight excluding hydrogens is 731 g/mol. The van der Waals surface area contributed by atoms with Gasteiger partial charge in [-0.25, -0.2) is 0 Å². The summed E-state index contributed by atoms with van der Waals surface area (Å²) in [5.74, 6) is -1.81. The molecular formula is C46H94CoN4O4. The number of carboxylic acids is 2. The Bertz CT molecular complexity index is 622. The maximum atomic E-state index is 10.2. The molecule has 1 rings (SSSR count). The van der Waals surface area contributed by atoms with Gasteiger partial charge in [0.2, 0.25) is 0 Å². The molecule has 4 N–H and O–H groups in total. The monoisotopic (exact) mass is 826 g/mol. The molecule has 0 unspecified atom stereocenters. The second-order valence-corrected chi connectivity index (χ2v) is 15.9. The topological polar surface area (TPSA) is 128 Å². The van der Waals surface area contributed by atoms with Crippen LogP contribution in [0.3, 0.4) is 0 Å². The number of unbranched alkanes of at least 4 members (excludes halogenated alkanes) is 28. The molecule has 1 aliphatic rings. The Morgan fingerprint density at radius 1 is 0.327 bits per heavy atom. The van der Waals surface area contributed by atoms with Crippen molar-refractivity contribution < 1.29 is 36.6 Å². The van der Waals surface area contributed by atoms with Crippen LogP contribution in [-0.4, -0.2) is 64.3 Å². The van der Waals surface area contributed by atoms with E-state index in [0.29, 0.717) is 0 Å². The summed E-state index contributed by atoms with van der Waals surface area (Å²) in [5, 5.41) is 34.1. The van der Waals surface area contributed by atoms with E-state index in [2.05, 4.69) is 35.1 Å². The molecule has 8 nitrogen and oxygen atoms in total. The second-order valence-electron chi connectivity index (χ2n) is 15.9. The summed E-state index contributed by atoms with van der Waals surface area (Å²) >= 11 is 0. The number of hydrogen-bond donors (Lipinski definition) is 4. The summed E-state index contributed by atoms with van der Waals surface area (Å²) in [5.41, 5.74) is 0. The van der Waals surface area contributed by atoms with Gasteiger partial charge in [0.05, 0.1) is 0 Å². The Morgan fingerprint density at radius 2 is 0.509 bits per heavy atom. The summed E-state index contributed by atoms with van der Waals surface area (Å²) in [6.45, 7) is 13.4. The van der Waals surface area contributed by atoms with Crippen LogP contribution in [0.4, 0.5) is 0 Å². The van der Waals surface area contributed by atoms with Crippen molar-refractivity contribution in [2.45, 2.75) is 232 Å². The molecule has 0 amide bonds. The third-order valence-corrected chi connectivity index (χ3v) is 10.3. The molecule has 1 fully saturated rings. The van der Waals surface area contributed by atoms with Crippen LogP contribution >= 0.6 is 0 Å². The molecule has 1 heterocycles. The molecule has 0 aromatic carbocycles. The van der Waals surface area contributed by atoms with Gasteiger partial charge in [-0.3, -0.25) is 0 Å². The Kier molecular flexibility index (Phi) is 59.0. The molecule has 55 heavy (non-hydrogen) atoms. The van der Waals surface area contributed by atoms with Gasteiger partial charge in [-0.05, 0) is 64.7 Å². The van der Waals surface area contributed by atoms with Crippen LogP contribution < -0.4 is 31.5 Å². The molecule has 1 radical (unpaired) electrons. The third kappa shape index (κ3) is 62.7. The zero-order valence-electron chi connectivity index (χ0n) is 36.7. The molecule has 0 spiro atoms. The average Bonchev–Trinajstić information content (AvgIpc) is 3.16. The van der Waals surface area contributed by atoms with E-state index >= 15 is 0 Å². The number of carbonyl (C=O) groups excluding carboxylic acids is 2. The van der Waals surface area contributed by atoms with Crippen molar-refractivity contribution >= 4 is 11.9 Å². The van der Waals surface area contributed by atoms with Crippen LogP contribution in [0.15, 0.2) is 0 Å². The number of hydrogen-bond acceptors (Lipinski definition) is 8. The van der Waals surface area contributed by atoms with Gasteiger partial charge in [0.15, 0.2) is 0 Å². The first-order valence-electron chi connectivity index (χ1n) is 23.8. The Labute approximate surface area is 353 Å². The summed E-state index contributed by atoms with van der Waals surface area (Å²) < 4.78 is 0. The minimum Gasteiger partial charge on any atom is -0.550 e. The first-order valence-corrected chi connectivity index (χ1v) is 23.8. The van der Waals surface area contributed by atoms with Crippen LogP contribution in [0.25, 0.3) is 0 Å². The van der Waals surface area contributed by atoms with E-state index in [4.69, 9.17) is 0 Å². The first kappa shape index (κ1) is 58.6. The quantitative estimate of drug-likeness (QED) is 0.0495. The van der Waals surface area contributed by atoms with E-state index in [1.54, 1.807) is 0 Å². The van der Waals surface area contributed by atoms with E-state index < -0.39 is 11.9 Å². The normalized spacial score (nSPS) is 14.0. The number of aliphatic carboxylic acids is 2. The number of carboxylic acid groups (broad SMARTS) is 2. The van der Waals surface area contributed by atoms with E-state index in [-0.39, 0.29) is 29.6 Å². The van der Waals surface area contributed by atoms with Crippen molar-refractivity contribution in [3.8, 4) is 0 Å². The average molecular weight is 826 g/mol. The molecule has 0 bridgehead atoms. The molecule has 0 aliphatic carbocycles. The van der Waals surface area contributed by atoms with Crippen LogP contribution in [0.5, 0.6) is 0 Å². The van der Waals surface area contributed by atoms with Crippen LogP contribution in [-0.2, 0) is 26.4 Å². The van der Waals surface area contributed by atoms with Gasteiger partial charge in [-0.1, -0.05) is 194 Å². The summed E-state index contributed by atoms with van der Waals surface area (Å²) in [4.78, 5) is 20.4. The van der Waals surface area contributed by atoms with E-state index in [1.165, 1.54) is 180 Å². The first-order chi connectivity index (χ1) is 26.5.